The molecule has 0 aliphatic heterocycles. The molecule has 0 aliphatic rings. The highest BCUT2D eigenvalue weighted by atomic mass is 16.2. The summed E-state index contributed by atoms with van der Waals surface area (Å²) < 4.78 is 0. The molecular formula is C25H28N2O. The van der Waals surface area contributed by atoms with Gasteiger partial charge in [0.15, 0.2) is 0 Å². The largest absolute Gasteiger partial charge is 0.325 e. The van der Waals surface area contributed by atoms with Gasteiger partial charge in [-0.2, -0.15) is 0 Å². The number of nitrogens with zero attached hydrogens (tertiary/aromatic N) is 2. The normalized spacial score (nSPS) is 10.5. The van der Waals surface area contributed by atoms with Crippen molar-refractivity contribution in [3.05, 3.63) is 102 Å². The average molecular weight is 373 g/mol. The van der Waals surface area contributed by atoms with Gasteiger partial charge in [0.05, 0.1) is 6.54 Å². The molecule has 3 aromatic carbocycles. The number of para-hydroxylation sites is 1. The molecule has 0 aliphatic carbocycles. The lowest BCUT2D eigenvalue weighted by atomic mass is 10.2. The molecule has 2 amide bonds. The van der Waals surface area contributed by atoms with Crippen LogP contribution in [0.15, 0.2) is 91.0 Å². The second-order valence-corrected chi connectivity index (χ2v) is 6.95. The molecule has 0 bridgehead atoms. The lowest BCUT2D eigenvalue weighted by Crippen LogP contribution is -2.43. The minimum absolute atomic E-state index is 0.0485. The fourth-order valence-corrected chi connectivity index (χ4v) is 3.21. The summed E-state index contributed by atoms with van der Waals surface area (Å²) in [6.07, 6.45) is 2.05. The van der Waals surface area contributed by atoms with Crippen LogP contribution in [-0.2, 0) is 13.1 Å². The Morgan fingerprint density at radius 2 is 1.21 bits per heavy atom. The molecular weight excluding hydrogens is 344 g/mol. The molecule has 0 heterocycles. The lowest BCUT2D eigenvalue weighted by molar-refractivity contribution is 0.200. The van der Waals surface area contributed by atoms with Gasteiger partial charge < -0.3 is 4.90 Å². The summed E-state index contributed by atoms with van der Waals surface area (Å²) in [4.78, 5) is 17.5. The summed E-state index contributed by atoms with van der Waals surface area (Å²) >= 11 is 0. The van der Waals surface area contributed by atoms with Gasteiger partial charge >= 0.3 is 6.03 Å². The van der Waals surface area contributed by atoms with Crippen LogP contribution in [0.5, 0.6) is 0 Å². The number of anilines is 1. The van der Waals surface area contributed by atoms with E-state index in [1.165, 1.54) is 0 Å². The Hall–Kier alpha value is -3.07. The number of benzene rings is 3. The third kappa shape index (κ3) is 5.46. The van der Waals surface area contributed by atoms with Gasteiger partial charge in [-0.3, -0.25) is 4.90 Å². The number of amides is 2. The summed E-state index contributed by atoms with van der Waals surface area (Å²) in [5, 5.41) is 0. The first-order chi connectivity index (χ1) is 13.8. The Morgan fingerprint density at radius 3 is 1.75 bits per heavy atom. The van der Waals surface area contributed by atoms with E-state index in [0.29, 0.717) is 13.1 Å². The zero-order valence-corrected chi connectivity index (χ0v) is 16.5. The quantitative estimate of drug-likeness (QED) is 0.467. The van der Waals surface area contributed by atoms with E-state index in [2.05, 4.69) is 31.2 Å². The molecule has 3 nitrogen and oxygen atoms in total. The molecule has 0 fully saturated rings. The monoisotopic (exact) mass is 372 g/mol. The number of unbranched alkanes of at least 4 members (excludes halogenated alkanes) is 1. The summed E-state index contributed by atoms with van der Waals surface area (Å²) in [5.74, 6) is 0. The third-order valence-corrected chi connectivity index (χ3v) is 4.75. The van der Waals surface area contributed by atoms with E-state index in [0.717, 1.165) is 36.2 Å². The van der Waals surface area contributed by atoms with Gasteiger partial charge in [-0.25, -0.2) is 4.79 Å². The molecule has 28 heavy (non-hydrogen) atoms. The SMILES string of the molecule is CCCCN(Cc1ccccc1)C(=O)N(Cc1ccccc1)c1ccccc1. The van der Waals surface area contributed by atoms with Crippen molar-refractivity contribution in [1.29, 1.82) is 0 Å². The van der Waals surface area contributed by atoms with Gasteiger partial charge in [0, 0.05) is 18.8 Å². The highest BCUT2D eigenvalue weighted by molar-refractivity contribution is 5.92. The molecule has 0 spiro atoms. The van der Waals surface area contributed by atoms with Crippen molar-refractivity contribution < 1.29 is 4.79 Å². The summed E-state index contributed by atoms with van der Waals surface area (Å²) in [6, 6.07) is 30.4. The van der Waals surface area contributed by atoms with Crippen LogP contribution in [0, 0.1) is 0 Å². The van der Waals surface area contributed by atoms with Crippen LogP contribution < -0.4 is 4.90 Å². The topological polar surface area (TPSA) is 23.6 Å². The first-order valence-electron chi connectivity index (χ1n) is 9.97. The molecule has 3 heteroatoms. The predicted octanol–water partition coefficient (Wildman–Crippen LogP) is 6.12. The number of hydrogen-bond acceptors (Lipinski definition) is 1. The standard InChI is InChI=1S/C25H28N2O/c1-2-3-19-26(20-22-13-7-4-8-14-22)25(28)27(24-17-11-6-12-18-24)21-23-15-9-5-10-16-23/h4-18H,2-3,19-21H2,1H3. The fourth-order valence-electron chi connectivity index (χ4n) is 3.21. The highest BCUT2D eigenvalue weighted by Gasteiger charge is 2.22. The Bertz CT molecular complexity index is 834. The zero-order chi connectivity index (χ0) is 19.6. The van der Waals surface area contributed by atoms with E-state index in [1.807, 2.05) is 76.5 Å². The molecule has 0 radical (unpaired) electrons. The molecule has 0 saturated heterocycles. The van der Waals surface area contributed by atoms with Crippen LogP contribution in [0.2, 0.25) is 0 Å². The summed E-state index contributed by atoms with van der Waals surface area (Å²) in [6.45, 7) is 4.09. The van der Waals surface area contributed by atoms with Gasteiger partial charge in [-0.05, 0) is 29.7 Å². The predicted molar refractivity (Wildman–Crippen MR) is 116 cm³/mol. The number of carbonyl (C=O) groups is 1. The van der Waals surface area contributed by atoms with Crippen molar-refractivity contribution in [3.8, 4) is 0 Å². The van der Waals surface area contributed by atoms with Crippen LogP contribution >= 0.6 is 0 Å². The van der Waals surface area contributed by atoms with Crippen molar-refractivity contribution in [2.45, 2.75) is 32.9 Å². The Morgan fingerprint density at radius 1 is 0.714 bits per heavy atom. The molecule has 0 saturated carbocycles. The molecule has 3 aromatic rings. The molecule has 3 rings (SSSR count). The Balaban J connectivity index is 1.87. The Kier molecular flexibility index (Phi) is 7.25. The number of hydrogen-bond donors (Lipinski definition) is 0. The van der Waals surface area contributed by atoms with E-state index in [1.54, 1.807) is 0 Å². The van der Waals surface area contributed by atoms with Crippen molar-refractivity contribution in [3.63, 3.8) is 0 Å². The maximum absolute atomic E-state index is 13.6. The summed E-state index contributed by atoms with van der Waals surface area (Å²) in [5.41, 5.74) is 3.19. The van der Waals surface area contributed by atoms with E-state index in [4.69, 9.17) is 0 Å². The Labute approximate surface area is 168 Å². The van der Waals surface area contributed by atoms with E-state index >= 15 is 0 Å². The van der Waals surface area contributed by atoms with Crippen LogP contribution in [0.3, 0.4) is 0 Å². The molecule has 144 valence electrons. The van der Waals surface area contributed by atoms with E-state index < -0.39 is 0 Å². The maximum atomic E-state index is 13.6. The lowest BCUT2D eigenvalue weighted by Gasteiger charge is -2.31. The van der Waals surface area contributed by atoms with E-state index in [-0.39, 0.29) is 6.03 Å². The molecule has 0 N–H and O–H groups in total. The van der Waals surface area contributed by atoms with Crippen molar-refractivity contribution in [1.82, 2.24) is 4.90 Å². The van der Waals surface area contributed by atoms with Gasteiger partial charge in [-0.1, -0.05) is 92.2 Å². The van der Waals surface area contributed by atoms with Gasteiger partial charge in [0.1, 0.15) is 0 Å². The number of carbonyl (C=O) groups excluding carboxylic acids is 1. The van der Waals surface area contributed by atoms with Crippen molar-refractivity contribution >= 4 is 11.7 Å². The number of rotatable bonds is 8. The number of urea groups is 1. The van der Waals surface area contributed by atoms with Gasteiger partial charge in [0.2, 0.25) is 0 Å². The molecule has 0 aromatic heterocycles. The third-order valence-electron chi connectivity index (χ3n) is 4.75. The smallest absolute Gasteiger partial charge is 0.320 e. The summed E-state index contributed by atoms with van der Waals surface area (Å²) in [7, 11) is 0. The van der Waals surface area contributed by atoms with E-state index in [9.17, 15) is 4.79 Å². The first kappa shape index (κ1) is 19.7. The minimum Gasteiger partial charge on any atom is -0.320 e. The average Bonchev–Trinajstić information content (AvgIpc) is 2.76. The molecule has 0 unspecified atom stereocenters. The minimum atomic E-state index is 0.0485. The van der Waals surface area contributed by atoms with Crippen LogP contribution in [0.25, 0.3) is 0 Å². The van der Waals surface area contributed by atoms with Gasteiger partial charge in [-0.15, -0.1) is 0 Å². The van der Waals surface area contributed by atoms with Crippen LogP contribution in [-0.4, -0.2) is 17.5 Å². The van der Waals surface area contributed by atoms with Crippen LogP contribution in [0.4, 0.5) is 10.5 Å². The van der Waals surface area contributed by atoms with Crippen molar-refractivity contribution in [2.24, 2.45) is 0 Å². The second kappa shape index (κ2) is 10.3. The second-order valence-electron chi connectivity index (χ2n) is 6.95. The van der Waals surface area contributed by atoms with Crippen molar-refractivity contribution in [2.75, 3.05) is 11.4 Å². The maximum Gasteiger partial charge on any atom is 0.325 e. The van der Waals surface area contributed by atoms with Gasteiger partial charge in [0.25, 0.3) is 0 Å². The first-order valence-corrected chi connectivity index (χ1v) is 9.97. The highest BCUT2D eigenvalue weighted by Crippen LogP contribution is 2.20. The van der Waals surface area contributed by atoms with Crippen LogP contribution in [0.1, 0.15) is 30.9 Å². The fraction of sp³-hybridized carbons (Fsp3) is 0.240. The zero-order valence-electron chi connectivity index (χ0n) is 16.5. The molecule has 0 atom stereocenters.